The van der Waals surface area contributed by atoms with Gasteiger partial charge in [-0.3, -0.25) is 4.90 Å². The number of hydrogen-bond donors (Lipinski definition) is 3. The first-order valence-electron chi connectivity index (χ1n) is 6.58. The van der Waals surface area contributed by atoms with Gasteiger partial charge >= 0.3 is 0 Å². The van der Waals surface area contributed by atoms with Crippen LogP contribution < -0.4 is 5.73 Å². The Bertz CT molecular complexity index is 395. The molecule has 1 aliphatic heterocycles. The van der Waals surface area contributed by atoms with E-state index >= 15 is 0 Å². The van der Waals surface area contributed by atoms with Crippen LogP contribution >= 0.6 is 11.4 Å². The molecule has 1 fully saturated rings. The van der Waals surface area contributed by atoms with Gasteiger partial charge in [-0.2, -0.15) is 11.4 Å². The molecule has 3 N–H and O–H groups in total. The van der Waals surface area contributed by atoms with Crippen LogP contribution in [0.3, 0.4) is 0 Å². The first-order valence-corrected chi connectivity index (χ1v) is 7.66. The number of nitrogen functional groups attached to an aromatic ring is 1. The number of aliphatic hydroxyl groups excluding tert-OH is 1. The Morgan fingerprint density at radius 3 is 2.33 bits per heavy atom. The van der Waals surface area contributed by atoms with Gasteiger partial charge in [-0.1, -0.05) is 25.0 Å². The molecule has 3 nitrogen and oxygen atoms in total. The van der Waals surface area contributed by atoms with Crippen molar-refractivity contribution in [2.75, 3.05) is 18.8 Å². The van der Waals surface area contributed by atoms with E-state index in [-0.39, 0.29) is 0 Å². The van der Waals surface area contributed by atoms with Crippen LogP contribution in [0.5, 0.6) is 0 Å². The molecule has 4 heteroatoms. The number of anilines is 1. The van der Waals surface area contributed by atoms with Crippen LogP contribution in [-0.4, -0.2) is 28.3 Å². The summed E-state index contributed by atoms with van der Waals surface area (Å²) in [5.41, 5.74) is 7.65. The molecule has 0 amide bonds. The molecule has 0 aromatic heterocycles. The third kappa shape index (κ3) is 4.12. The topological polar surface area (TPSA) is 49.5 Å². The molecule has 0 bridgehead atoms. The third-order valence-electron chi connectivity index (χ3n) is 3.27. The zero-order valence-electron chi connectivity index (χ0n) is 10.7. The summed E-state index contributed by atoms with van der Waals surface area (Å²) in [6.45, 7) is 2.00. The van der Waals surface area contributed by atoms with E-state index in [1.54, 1.807) is 0 Å². The van der Waals surface area contributed by atoms with E-state index in [0.29, 0.717) is 5.17 Å². The lowest BCUT2D eigenvalue weighted by Crippen LogP contribution is -2.30. The number of aliphatic hydroxyl groups is 1. The van der Waals surface area contributed by atoms with Gasteiger partial charge in [0.2, 0.25) is 0 Å². The zero-order valence-corrected chi connectivity index (χ0v) is 11.6. The average Bonchev–Trinajstić information content (AvgIpc) is 2.66. The van der Waals surface area contributed by atoms with Crippen molar-refractivity contribution in [3.8, 4) is 0 Å². The van der Waals surface area contributed by atoms with Crippen LogP contribution in [0.25, 0.3) is 0 Å². The van der Waals surface area contributed by atoms with Crippen molar-refractivity contribution < 1.29 is 5.11 Å². The number of thiol groups is 1. The highest BCUT2D eigenvalue weighted by atomic mass is 32.1. The lowest BCUT2D eigenvalue weighted by Gasteiger charge is -2.18. The van der Waals surface area contributed by atoms with Gasteiger partial charge in [-0.15, -0.1) is 0 Å². The summed E-state index contributed by atoms with van der Waals surface area (Å²) < 4.78 is 0. The maximum atomic E-state index is 10.1. The molecule has 1 aromatic rings. The molecule has 1 aliphatic rings. The maximum Gasteiger partial charge on any atom is 0.142 e. The molecule has 1 aromatic carbocycles. The molecule has 18 heavy (non-hydrogen) atoms. The monoisotopic (exact) mass is 266 g/mol. The third-order valence-corrected chi connectivity index (χ3v) is 4.36. The Balaban J connectivity index is 1.93. The Hall–Kier alpha value is -0.840. The van der Waals surface area contributed by atoms with Gasteiger partial charge in [-0.05, 0) is 30.5 Å². The van der Waals surface area contributed by atoms with Gasteiger partial charge in [0.15, 0.2) is 0 Å². The zero-order chi connectivity index (χ0) is 12.8. The van der Waals surface area contributed by atoms with Gasteiger partial charge < -0.3 is 10.8 Å². The quantitative estimate of drug-likeness (QED) is 0.438. The van der Waals surface area contributed by atoms with Crippen molar-refractivity contribution in [3.05, 3.63) is 29.8 Å². The fraction of sp³-hybridized carbons (Fsp3) is 0.500. The second-order valence-corrected chi connectivity index (χ2v) is 5.79. The molecule has 0 radical (unpaired) electrons. The lowest BCUT2D eigenvalue weighted by atomic mass is 10.2. The van der Waals surface area contributed by atoms with Crippen LogP contribution in [0.1, 0.15) is 31.2 Å². The van der Waals surface area contributed by atoms with E-state index < -0.39 is 0 Å². The summed E-state index contributed by atoms with van der Waals surface area (Å²) in [7, 11) is 0. The summed E-state index contributed by atoms with van der Waals surface area (Å²) in [6.07, 6.45) is 4.97. The maximum absolute atomic E-state index is 10.1. The Labute approximate surface area is 113 Å². The lowest BCUT2D eigenvalue weighted by molar-refractivity contribution is 0.354. The first-order chi connectivity index (χ1) is 8.75. The molecule has 0 aliphatic carbocycles. The molecular formula is C14H22N2OS. The number of hydrogen-bond acceptors (Lipinski definition) is 1. The number of nitrogens with zero attached hydrogens (tertiary/aromatic N) is 1. The van der Waals surface area contributed by atoms with Gasteiger partial charge in [0.1, 0.15) is 5.17 Å². The highest BCUT2D eigenvalue weighted by Crippen LogP contribution is 2.14. The van der Waals surface area contributed by atoms with Crippen molar-refractivity contribution in [2.45, 2.75) is 31.4 Å². The predicted octanol–water partition coefficient (Wildman–Crippen LogP) is 2.76. The fourth-order valence-electron chi connectivity index (χ4n) is 2.16. The number of benzene rings is 1. The summed E-state index contributed by atoms with van der Waals surface area (Å²) in [5.74, 6) is 0.850. The smallest absolute Gasteiger partial charge is 0.142 e. The number of likely N-dealkylation sites (tertiary alicyclic amines) is 1. The van der Waals surface area contributed by atoms with E-state index in [0.717, 1.165) is 35.9 Å². The van der Waals surface area contributed by atoms with Crippen molar-refractivity contribution in [1.82, 2.24) is 4.90 Å². The van der Waals surface area contributed by atoms with E-state index in [1.807, 2.05) is 24.3 Å². The van der Waals surface area contributed by atoms with Crippen molar-refractivity contribution in [1.29, 1.82) is 0 Å². The van der Waals surface area contributed by atoms with Crippen LogP contribution in [-0.2, 0) is 5.75 Å². The van der Waals surface area contributed by atoms with Crippen molar-refractivity contribution in [3.63, 3.8) is 0 Å². The predicted molar refractivity (Wildman–Crippen MR) is 81.2 cm³/mol. The van der Waals surface area contributed by atoms with E-state index in [1.165, 1.54) is 31.2 Å². The molecule has 100 valence electrons. The highest BCUT2D eigenvalue weighted by Gasteiger charge is 2.11. The van der Waals surface area contributed by atoms with Crippen LogP contribution in [0, 0.1) is 0 Å². The van der Waals surface area contributed by atoms with Crippen LogP contribution in [0.4, 0.5) is 5.69 Å². The standard InChI is InChI=1S/C14H22N2OS/c15-13-7-5-12(6-8-13)11-18-14(17)16-9-3-1-2-4-10-16/h5-8,17-18H,1-4,9-11,15H2. The summed E-state index contributed by atoms with van der Waals surface area (Å²) in [6, 6.07) is 7.87. The second kappa shape index (κ2) is 6.92. The highest BCUT2D eigenvalue weighted by molar-refractivity contribution is 7.97. The minimum absolute atomic E-state index is 0.522. The van der Waals surface area contributed by atoms with E-state index in [2.05, 4.69) is 4.90 Å². The SMILES string of the molecule is Nc1ccc(C[SH]=C(O)N2CCCCCC2)cc1. The molecular weight excluding hydrogens is 244 g/mol. The van der Waals surface area contributed by atoms with Gasteiger partial charge in [0, 0.05) is 24.5 Å². The molecule has 0 spiro atoms. The minimum Gasteiger partial charge on any atom is -0.399 e. The van der Waals surface area contributed by atoms with Gasteiger partial charge in [-0.25, -0.2) is 0 Å². The normalized spacial score (nSPS) is 19.1. The molecule has 1 saturated heterocycles. The van der Waals surface area contributed by atoms with Gasteiger partial charge in [0.25, 0.3) is 0 Å². The first kappa shape index (κ1) is 13.6. The van der Waals surface area contributed by atoms with Crippen molar-refractivity contribution in [2.24, 2.45) is 0 Å². The molecule has 0 atom stereocenters. The van der Waals surface area contributed by atoms with Gasteiger partial charge in [0.05, 0.1) is 0 Å². The Morgan fingerprint density at radius 2 is 1.72 bits per heavy atom. The molecule has 2 rings (SSSR count). The summed E-state index contributed by atoms with van der Waals surface area (Å²) in [4.78, 5) is 2.13. The molecule has 0 unspecified atom stereocenters. The summed E-state index contributed by atoms with van der Waals surface area (Å²) >= 11 is 0.987. The van der Waals surface area contributed by atoms with Crippen LogP contribution in [0.2, 0.25) is 0 Å². The number of nitrogens with two attached hydrogens (primary N) is 1. The average molecular weight is 266 g/mol. The number of rotatable bonds is 2. The largest absolute Gasteiger partial charge is 0.399 e. The fourth-order valence-corrected chi connectivity index (χ4v) is 3.09. The van der Waals surface area contributed by atoms with E-state index in [4.69, 9.17) is 5.73 Å². The molecule has 1 heterocycles. The molecule has 0 saturated carbocycles. The summed E-state index contributed by atoms with van der Waals surface area (Å²) in [5, 5.41) is 10.6. The minimum atomic E-state index is 0.522. The second-order valence-electron chi connectivity index (χ2n) is 4.76. The van der Waals surface area contributed by atoms with Crippen LogP contribution in [0.15, 0.2) is 24.3 Å². The Kier molecular flexibility index (Phi) is 5.23. The van der Waals surface area contributed by atoms with E-state index in [9.17, 15) is 5.11 Å². The Morgan fingerprint density at radius 1 is 1.11 bits per heavy atom. The van der Waals surface area contributed by atoms with Crippen molar-refractivity contribution >= 4 is 22.2 Å².